The molecule has 3 aromatic rings. The molecule has 0 N–H and O–H groups in total. The molecule has 0 aliphatic rings. The molecule has 0 fully saturated rings. The molecule has 0 amide bonds. The third kappa shape index (κ3) is 3.07. The summed E-state index contributed by atoms with van der Waals surface area (Å²) in [5, 5.41) is 8.46. The van der Waals surface area contributed by atoms with Gasteiger partial charge in [-0.15, -0.1) is 5.10 Å². The summed E-state index contributed by atoms with van der Waals surface area (Å²) in [5.41, 5.74) is 4.12. The fourth-order valence-electron chi connectivity index (χ4n) is 2.05. The first kappa shape index (κ1) is 14.1. The lowest BCUT2D eigenvalue weighted by molar-refractivity contribution is 0.803. The van der Waals surface area contributed by atoms with Crippen LogP contribution < -0.4 is 4.90 Å². The lowest BCUT2D eigenvalue weighted by Gasteiger charge is -2.11. The highest BCUT2D eigenvalue weighted by atomic mass is 125. The Morgan fingerprint density at radius 2 is 1.62 bits per heavy atom. The number of halogens is 1. The predicted octanol–water partition coefficient (Wildman–Crippen LogP) is 3.60. The van der Waals surface area contributed by atoms with Gasteiger partial charge in [-0.25, -0.2) is 4.68 Å². The molecule has 0 saturated heterocycles. The van der Waals surface area contributed by atoms with Crippen molar-refractivity contribution in [3.8, 4) is 16.9 Å². The van der Waals surface area contributed by atoms with Crippen molar-refractivity contribution in [1.82, 2.24) is 15.0 Å². The van der Waals surface area contributed by atoms with Gasteiger partial charge >= 0.3 is 0 Å². The minimum absolute atomic E-state index is 0.874. The lowest BCUT2D eigenvalue weighted by atomic mass is 10.1. The largest absolute Gasteiger partial charge is 0.378 e. The van der Waals surface area contributed by atoms with Crippen molar-refractivity contribution < 1.29 is 0 Å². The van der Waals surface area contributed by atoms with Crippen LogP contribution in [0, 0.1) is 3.57 Å². The van der Waals surface area contributed by atoms with Crippen molar-refractivity contribution in [2.45, 2.75) is 0 Å². The normalized spacial score (nSPS) is 10.6. The van der Waals surface area contributed by atoms with Crippen molar-refractivity contribution in [1.29, 1.82) is 0 Å². The summed E-state index contributed by atoms with van der Waals surface area (Å²) < 4.78 is 3.00. The van der Waals surface area contributed by atoms with E-state index in [1.807, 2.05) is 32.4 Å². The quantitative estimate of drug-likeness (QED) is 0.643. The minimum atomic E-state index is 0.874. The van der Waals surface area contributed by atoms with Gasteiger partial charge in [-0.05, 0) is 59.0 Å². The molecule has 1 heterocycles. The number of benzene rings is 2. The van der Waals surface area contributed by atoms with E-state index < -0.39 is 0 Å². The summed E-state index contributed by atoms with van der Waals surface area (Å²) >= 11 is 2.29. The van der Waals surface area contributed by atoms with E-state index in [1.54, 1.807) is 4.68 Å². The van der Waals surface area contributed by atoms with E-state index in [9.17, 15) is 0 Å². The van der Waals surface area contributed by atoms with Gasteiger partial charge in [-0.3, -0.25) is 0 Å². The van der Waals surface area contributed by atoms with Crippen LogP contribution in [-0.2, 0) is 0 Å². The summed E-state index contributed by atoms with van der Waals surface area (Å²) in [4.78, 5) is 2.08. The molecule has 0 spiro atoms. The number of rotatable bonds is 3. The van der Waals surface area contributed by atoms with Gasteiger partial charge in [0.25, 0.3) is 0 Å². The first-order valence-corrected chi connectivity index (χ1v) is 7.67. The fourth-order valence-corrected chi connectivity index (χ4v) is 2.41. The molecule has 2 aromatic carbocycles. The molecule has 106 valence electrons. The SMILES string of the molecule is CN(C)c1ccc(-c2cn(-c3ccc([125I])cc3)nn2)cc1. The summed E-state index contributed by atoms with van der Waals surface area (Å²) in [7, 11) is 4.06. The number of hydrogen-bond acceptors (Lipinski definition) is 3. The molecule has 21 heavy (non-hydrogen) atoms. The van der Waals surface area contributed by atoms with Crippen LogP contribution in [0.4, 0.5) is 5.69 Å². The van der Waals surface area contributed by atoms with Crippen LogP contribution in [0.5, 0.6) is 0 Å². The molecule has 1 aromatic heterocycles. The van der Waals surface area contributed by atoms with Crippen LogP contribution in [0.3, 0.4) is 0 Å². The Balaban J connectivity index is 1.89. The van der Waals surface area contributed by atoms with Gasteiger partial charge in [0.1, 0.15) is 5.69 Å². The standard InChI is InChI=1S/C16H15IN4/c1-20(2)14-7-3-12(4-8-14)16-11-21(19-18-16)15-9-5-13(17)6-10-15/h3-11H,1-2H3/i17-2. The van der Waals surface area contributed by atoms with Gasteiger partial charge in [0.2, 0.25) is 0 Å². The van der Waals surface area contributed by atoms with Gasteiger partial charge in [-0.2, -0.15) is 0 Å². The van der Waals surface area contributed by atoms with Crippen LogP contribution in [0.2, 0.25) is 0 Å². The summed E-state index contributed by atoms with van der Waals surface area (Å²) in [6.45, 7) is 0. The lowest BCUT2D eigenvalue weighted by Crippen LogP contribution is -2.07. The van der Waals surface area contributed by atoms with E-state index in [4.69, 9.17) is 0 Å². The predicted molar refractivity (Wildman–Crippen MR) is 93.8 cm³/mol. The molecule has 0 bridgehead atoms. The number of anilines is 1. The van der Waals surface area contributed by atoms with Gasteiger partial charge < -0.3 is 4.90 Å². The van der Waals surface area contributed by atoms with Crippen molar-refractivity contribution in [3.05, 3.63) is 58.3 Å². The van der Waals surface area contributed by atoms with Crippen LogP contribution in [0.15, 0.2) is 54.7 Å². The smallest absolute Gasteiger partial charge is 0.113 e. The Hall–Kier alpha value is -1.89. The summed E-state index contributed by atoms with van der Waals surface area (Å²) in [6.07, 6.45) is 1.95. The van der Waals surface area contributed by atoms with E-state index >= 15 is 0 Å². The number of nitrogens with zero attached hydrogens (tertiary/aromatic N) is 4. The van der Waals surface area contributed by atoms with Crippen molar-refractivity contribution in [2.24, 2.45) is 0 Å². The average Bonchev–Trinajstić information content (AvgIpc) is 2.98. The average molecular weight is 388 g/mol. The molecule has 0 aliphatic heterocycles. The molecule has 5 heteroatoms. The third-order valence-electron chi connectivity index (χ3n) is 3.26. The topological polar surface area (TPSA) is 34.0 Å². The zero-order chi connectivity index (χ0) is 14.8. The Kier molecular flexibility index (Phi) is 3.92. The zero-order valence-electron chi connectivity index (χ0n) is 11.9. The molecular formula is C16H15IN4. The Labute approximate surface area is 137 Å². The molecule has 0 aliphatic carbocycles. The number of aromatic nitrogens is 3. The highest BCUT2D eigenvalue weighted by Crippen LogP contribution is 2.21. The van der Waals surface area contributed by atoms with E-state index in [-0.39, 0.29) is 0 Å². The van der Waals surface area contributed by atoms with Crippen molar-refractivity contribution in [2.75, 3.05) is 19.0 Å². The Morgan fingerprint density at radius 1 is 0.952 bits per heavy atom. The number of hydrogen-bond donors (Lipinski definition) is 0. The second-order valence-corrected chi connectivity index (χ2v) is 6.21. The maximum Gasteiger partial charge on any atom is 0.113 e. The van der Waals surface area contributed by atoms with E-state index in [0.717, 1.165) is 16.9 Å². The second-order valence-electron chi connectivity index (χ2n) is 4.97. The van der Waals surface area contributed by atoms with Gasteiger partial charge in [0.05, 0.1) is 11.9 Å². The first-order chi connectivity index (χ1) is 10.1. The van der Waals surface area contributed by atoms with Crippen molar-refractivity contribution in [3.63, 3.8) is 0 Å². The highest BCUT2D eigenvalue weighted by molar-refractivity contribution is 14.1. The Bertz CT molecular complexity index is 730. The van der Waals surface area contributed by atoms with E-state index in [1.165, 1.54) is 9.26 Å². The molecule has 0 unspecified atom stereocenters. The van der Waals surface area contributed by atoms with Crippen molar-refractivity contribution >= 4 is 28.3 Å². The maximum atomic E-state index is 4.26. The molecule has 0 saturated carbocycles. The molecule has 0 atom stereocenters. The molecular weight excluding hydrogens is 373 g/mol. The molecule has 3 rings (SSSR count). The summed E-state index contributed by atoms with van der Waals surface area (Å²) in [6, 6.07) is 16.5. The summed E-state index contributed by atoms with van der Waals surface area (Å²) in [5.74, 6) is 0. The van der Waals surface area contributed by atoms with Crippen LogP contribution in [0.25, 0.3) is 16.9 Å². The zero-order valence-corrected chi connectivity index (χ0v) is 14.0. The van der Waals surface area contributed by atoms with Gasteiger partial charge in [0, 0.05) is 28.9 Å². The highest BCUT2D eigenvalue weighted by Gasteiger charge is 2.06. The van der Waals surface area contributed by atoms with Crippen LogP contribution in [-0.4, -0.2) is 29.1 Å². The molecule has 4 nitrogen and oxygen atoms in total. The van der Waals surface area contributed by atoms with Crippen LogP contribution >= 0.6 is 22.6 Å². The maximum absolute atomic E-state index is 4.26. The third-order valence-corrected chi connectivity index (χ3v) is 3.98. The van der Waals surface area contributed by atoms with E-state index in [0.29, 0.717) is 0 Å². The van der Waals surface area contributed by atoms with Gasteiger partial charge in [-0.1, -0.05) is 17.3 Å². The monoisotopic (exact) mass is 388 g/mol. The first-order valence-electron chi connectivity index (χ1n) is 6.59. The molecule has 0 radical (unpaired) electrons. The van der Waals surface area contributed by atoms with Crippen LogP contribution in [0.1, 0.15) is 0 Å². The van der Waals surface area contributed by atoms with E-state index in [2.05, 4.69) is 74.2 Å². The fraction of sp³-hybridized carbons (Fsp3) is 0.125. The second kappa shape index (κ2) is 5.85. The minimum Gasteiger partial charge on any atom is -0.378 e. The van der Waals surface area contributed by atoms with Gasteiger partial charge in [0.15, 0.2) is 0 Å². The Morgan fingerprint density at radius 3 is 2.24 bits per heavy atom.